The lowest BCUT2D eigenvalue weighted by Crippen LogP contribution is -2.48. The number of halogens is 1. The van der Waals surface area contributed by atoms with E-state index in [0.717, 1.165) is 31.5 Å². The Bertz CT molecular complexity index is 414. The highest BCUT2D eigenvalue weighted by Gasteiger charge is 2.20. The molecule has 1 saturated heterocycles. The van der Waals surface area contributed by atoms with Crippen LogP contribution in [0.3, 0.4) is 0 Å². The van der Waals surface area contributed by atoms with Crippen molar-refractivity contribution in [3.63, 3.8) is 0 Å². The minimum Gasteiger partial charge on any atom is -0.368 e. The molecule has 0 atom stereocenters. The molecule has 1 fully saturated rings. The largest absolute Gasteiger partial charge is 0.368 e. The highest BCUT2D eigenvalue weighted by atomic mass is 79.9. The summed E-state index contributed by atoms with van der Waals surface area (Å²) < 4.78 is 0. The fourth-order valence-electron chi connectivity index (χ4n) is 2.28. The fraction of sp³-hybridized carbons (Fsp3) is 0.500. The quantitative estimate of drug-likeness (QED) is 0.801. The summed E-state index contributed by atoms with van der Waals surface area (Å²) in [5, 5.41) is 0.754. The molecular weight excluding hydrogens is 292 g/mol. The van der Waals surface area contributed by atoms with Gasteiger partial charge in [-0.05, 0) is 24.6 Å². The van der Waals surface area contributed by atoms with Gasteiger partial charge in [0.25, 0.3) is 0 Å². The summed E-state index contributed by atoms with van der Waals surface area (Å²) in [6.45, 7) is 5.63. The minimum atomic E-state index is 0.260. The van der Waals surface area contributed by atoms with E-state index in [1.54, 1.807) is 0 Å². The molecule has 1 amide bonds. The van der Waals surface area contributed by atoms with Crippen LogP contribution in [0.2, 0.25) is 0 Å². The molecule has 0 N–H and O–H groups in total. The van der Waals surface area contributed by atoms with Crippen molar-refractivity contribution in [3.05, 3.63) is 29.8 Å². The number of alkyl halides is 1. The third-order valence-electron chi connectivity index (χ3n) is 3.31. The lowest BCUT2D eigenvalue weighted by atomic mass is 10.2. The van der Waals surface area contributed by atoms with Crippen LogP contribution < -0.4 is 4.90 Å². The standard InChI is InChI=1S/C14H19BrN2O/c1-12-3-2-4-13(11-12)16-7-9-17(10-8-16)14(18)5-6-15/h2-4,11H,5-10H2,1H3. The third-order valence-corrected chi connectivity index (χ3v) is 3.70. The number of carbonyl (C=O) groups is 1. The summed E-state index contributed by atoms with van der Waals surface area (Å²) in [7, 11) is 0. The summed E-state index contributed by atoms with van der Waals surface area (Å²) in [6, 6.07) is 8.55. The van der Waals surface area contributed by atoms with Crippen LogP contribution in [0.4, 0.5) is 5.69 Å². The maximum Gasteiger partial charge on any atom is 0.223 e. The van der Waals surface area contributed by atoms with Gasteiger partial charge in [0.05, 0.1) is 0 Å². The molecule has 18 heavy (non-hydrogen) atoms. The number of piperazine rings is 1. The second-order valence-corrected chi connectivity index (χ2v) is 5.44. The lowest BCUT2D eigenvalue weighted by Gasteiger charge is -2.36. The maximum absolute atomic E-state index is 11.8. The van der Waals surface area contributed by atoms with Crippen molar-refractivity contribution in [1.82, 2.24) is 4.90 Å². The Balaban J connectivity index is 1.92. The summed E-state index contributed by atoms with van der Waals surface area (Å²) in [5.41, 5.74) is 2.55. The fourth-order valence-corrected chi connectivity index (χ4v) is 2.62. The smallest absolute Gasteiger partial charge is 0.223 e. The topological polar surface area (TPSA) is 23.6 Å². The monoisotopic (exact) mass is 310 g/mol. The number of rotatable bonds is 3. The number of nitrogens with zero attached hydrogens (tertiary/aromatic N) is 2. The number of hydrogen-bond donors (Lipinski definition) is 0. The van der Waals surface area contributed by atoms with E-state index in [0.29, 0.717) is 6.42 Å². The zero-order valence-corrected chi connectivity index (χ0v) is 12.3. The first-order valence-electron chi connectivity index (χ1n) is 6.36. The van der Waals surface area contributed by atoms with E-state index >= 15 is 0 Å². The average molecular weight is 311 g/mol. The Morgan fingerprint density at radius 1 is 1.28 bits per heavy atom. The molecule has 1 heterocycles. The Hall–Kier alpha value is -1.03. The normalized spacial score (nSPS) is 15.9. The van der Waals surface area contributed by atoms with E-state index in [-0.39, 0.29) is 5.91 Å². The van der Waals surface area contributed by atoms with Crippen molar-refractivity contribution in [3.8, 4) is 0 Å². The van der Waals surface area contributed by atoms with Crippen LogP contribution in [-0.4, -0.2) is 42.3 Å². The zero-order chi connectivity index (χ0) is 13.0. The van der Waals surface area contributed by atoms with Gasteiger partial charge in [0.15, 0.2) is 0 Å². The van der Waals surface area contributed by atoms with Gasteiger partial charge in [0.2, 0.25) is 5.91 Å². The second kappa shape index (κ2) is 6.23. The molecule has 0 saturated carbocycles. The molecule has 0 aliphatic carbocycles. The van der Waals surface area contributed by atoms with Gasteiger partial charge in [0.1, 0.15) is 0 Å². The van der Waals surface area contributed by atoms with Gasteiger partial charge in [-0.25, -0.2) is 0 Å². The molecule has 2 rings (SSSR count). The van der Waals surface area contributed by atoms with E-state index in [2.05, 4.69) is 52.0 Å². The SMILES string of the molecule is Cc1cccc(N2CCN(C(=O)CCBr)CC2)c1. The van der Waals surface area contributed by atoms with Crippen molar-refractivity contribution < 1.29 is 4.79 Å². The van der Waals surface area contributed by atoms with Gasteiger partial charge in [-0.2, -0.15) is 0 Å². The average Bonchev–Trinajstić information content (AvgIpc) is 2.39. The van der Waals surface area contributed by atoms with E-state index in [9.17, 15) is 4.79 Å². The predicted octanol–water partition coefficient (Wildman–Crippen LogP) is 2.43. The Labute approximate surface area is 117 Å². The number of aryl methyl sites for hydroxylation is 1. The Morgan fingerprint density at radius 3 is 2.61 bits per heavy atom. The van der Waals surface area contributed by atoms with Gasteiger partial charge >= 0.3 is 0 Å². The summed E-state index contributed by atoms with van der Waals surface area (Å²) in [4.78, 5) is 16.1. The Morgan fingerprint density at radius 2 is 2.00 bits per heavy atom. The molecule has 4 heteroatoms. The number of benzene rings is 1. The van der Waals surface area contributed by atoms with Crippen LogP contribution >= 0.6 is 15.9 Å². The van der Waals surface area contributed by atoms with Crippen LogP contribution in [0.15, 0.2) is 24.3 Å². The van der Waals surface area contributed by atoms with Gasteiger partial charge in [-0.15, -0.1) is 0 Å². The Kier molecular flexibility index (Phi) is 4.64. The van der Waals surface area contributed by atoms with Crippen LogP contribution in [0.5, 0.6) is 0 Å². The van der Waals surface area contributed by atoms with Crippen molar-refractivity contribution in [2.24, 2.45) is 0 Å². The van der Waals surface area contributed by atoms with Crippen LogP contribution in [-0.2, 0) is 4.79 Å². The first-order valence-corrected chi connectivity index (χ1v) is 7.48. The third kappa shape index (κ3) is 3.25. The molecule has 1 aromatic rings. The highest BCUT2D eigenvalue weighted by molar-refractivity contribution is 9.09. The second-order valence-electron chi connectivity index (χ2n) is 4.65. The maximum atomic E-state index is 11.8. The molecule has 1 aliphatic rings. The molecule has 98 valence electrons. The molecule has 0 spiro atoms. The molecule has 1 aliphatic heterocycles. The molecule has 3 nitrogen and oxygen atoms in total. The van der Waals surface area contributed by atoms with E-state index in [4.69, 9.17) is 0 Å². The van der Waals surface area contributed by atoms with Gasteiger partial charge in [-0.1, -0.05) is 28.1 Å². The summed E-state index contributed by atoms with van der Waals surface area (Å²) in [5.74, 6) is 0.260. The summed E-state index contributed by atoms with van der Waals surface area (Å²) >= 11 is 3.32. The molecule has 1 aromatic carbocycles. The predicted molar refractivity (Wildman–Crippen MR) is 78.4 cm³/mol. The van der Waals surface area contributed by atoms with E-state index < -0.39 is 0 Å². The van der Waals surface area contributed by atoms with Gasteiger partial charge in [-0.3, -0.25) is 4.79 Å². The van der Waals surface area contributed by atoms with Crippen molar-refractivity contribution in [1.29, 1.82) is 0 Å². The van der Waals surface area contributed by atoms with Crippen LogP contribution in [0.1, 0.15) is 12.0 Å². The highest BCUT2D eigenvalue weighted by Crippen LogP contribution is 2.18. The van der Waals surface area contributed by atoms with Gasteiger partial charge in [0, 0.05) is 43.6 Å². The van der Waals surface area contributed by atoms with E-state index in [1.807, 2.05) is 4.90 Å². The first-order chi connectivity index (χ1) is 8.70. The van der Waals surface area contributed by atoms with Crippen molar-refractivity contribution in [2.45, 2.75) is 13.3 Å². The molecule has 0 aromatic heterocycles. The number of hydrogen-bond acceptors (Lipinski definition) is 2. The van der Waals surface area contributed by atoms with Crippen LogP contribution in [0.25, 0.3) is 0 Å². The van der Waals surface area contributed by atoms with Crippen molar-refractivity contribution in [2.75, 3.05) is 36.4 Å². The molecular formula is C14H19BrN2O. The zero-order valence-electron chi connectivity index (χ0n) is 10.7. The van der Waals surface area contributed by atoms with Gasteiger partial charge < -0.3 is 9.80 Å². The van der Waals surface area contributed by atoms with Crippen molar-refractivity contribution >= 4 is 27.5 Å². The summed E-state index contributed by atoms with van der Waals surface area (Å²) in [6.07, 6.45) is 0.602. The van der Waals surface area contributed by atoms with Crippen LogP contribution in [0, 0.1) is 6.92 Å². The number of carbonyl (C=O) groups excluding carboxylic acids is 1. The molecule has 0 radical (unpaired) electrons. The molecule has 0 bridgehead atoms. The first kappa shape index (κ1) is 13.4. The number of anilines is 1. The molecule has 0 unspecified atom stereocenters. The minimum absolute atomic E-state index is 0.260. The van der Waals surface area contributed by atoms with E-state index in [1.165, 1.54) is 11.3 Å². The number of amides is 1. The lowest BCUT2D eigenvalue weighted by molar-refractivity contribution is -0.131.